The summed E-state index contributed by atoms with van der Waals surface area (Å²) in [6.07, 6.45) is 1.30. The van der Waals surface area contributed by atoms with E-state index in [1.165, 1.54) is 19.3 Å². The second-order valence-electron chi connectivity index (χ2n) is 4.68. The highest BCUT2D eigenvalue weighted by Crippen LogP contribution is 2.37. The fourth-order valence-electron chi connectivity index (χ4n) is 2.00. The monoisotopic (exact) mass is 327 g/mol. The van der Waals surface area contributed by atoms with Gasteiger partial charge in [0.1, 0.15) is 10.5 Å². The Hall–Kier alpha value is -2.02. The van der Waals surface area contributed by atoms with Crippen LogP contribution in [0.3, 0.4) is 0 Å². The van der Waals surface area contributed by atoms with E-state index >= 15 is 0 Å². The summed E-state index contributed by atoms with van der Waals surface area (Å²) in [5, 5.41) is 0. The number of hydrogen-bond donors (Lipinski definition) is 0. The van der Waals surface area contributed by atoms with E-state index < -0.39 is 15.8 Å². The lowest BCUT2D eigenvalue weighted by Crippen LogP contribution is -2.19. The number of carbonyl (C=O) groups excluding carboxylic acids is 1. The molecular weight excluding hydrogens is 306 g/mol. The van der Waals surface area contributed by atoms with E-state index in [4.69, 9.17) is 9.47 Å². The zero-order chi connectivity index (χ0) is 16.9. The van der Waals surface area contributed by atoms with E-state index in [1.807, 2.05) is 0 Å². The number of ether oxygens (including phenoxy) is 2. The molecule has 0 aliphatic heterocycles. The van der Waals surface area contributed by atoms with Gasteiger partial charge in [0.05, 0.1) is 25.2 Å². The van der Waals surface area contributed by atoms with Crippen molar-refractivity contribution >= 4 is 21.5 Å². The van der Waals surface area contributed by atoms with Crippen LogP contribution in [0.4, 0.5) is 5.69 Å². The third-order valence-electron chi connectivity index (χ3n) is 2.92. The lowest BCUT2D eigenvalue weighted by atomic mass is 10.1. The Kier molecular flexibility index (Phi) is 5.99. The van der Waals surface area contributed by atoms with Crippen molar-refractivity contribution in [2.45, 2.75) is 11.8 Å². The van der Waals surface area contributed by atoms with Crippen molar-refractivity contribution in [3.8, 4) is 5.75 Å². The molecule has 0 saturated heterocycles. The summed E-state index contributed by atoms with van der Waals surface area (Å²) in [4.78, 5) is 13.5. The zero-order valence-electron chi connectivity index (χ0n) is 13.3. The highest BCUT2D eigenvalue weighted by molar-refractivity contribution is 7.91. The first-order valence-electron chi connectivity index (χ1n) is 6.69. The fraction of sp³-hybridized carbons (Fsp3) is 0.400. The van der Waals surface area contributed by atoms with Crippen molar-refractivity contribution in [2.75, 3.05) is 38.5 Å². The maximum absolute atomic E-state index is 12.6. The number of methoxy groups -OCH3 is 1. The van der Waals surface area contributed by atoms with Gasteiger partial charge in [-0.1, -0.05) is 6.08 Å². The third kappa shape index (κ3) is 3.59. The minimum atomic E-state index is -3.70. The van der Waals surface area contributed by atoms with Crippen LogP contribution in [0.5, 0.6) is 5.75 Å². The molecule has 0 heterocycles. The van der Waals surface area contributed by atoms with Gasteiger partial charge in [0.25, 0.3) is 0 Å². The van der Waals surface area contributed by atoms with Crippen molar-refractivity contribution in [3.63, 3.8) is 0 Å². The number of anilines is 1. The molecule has 0 amide bonds. The molecule has 6 nitrogen and oxygen atoms in total. The van der Waals surface area contributed by atoms with Crippen LogP contribution in [0.1, 0.15) is 17.3 Å². The highest BCUT2D eigenvalue weighted by atomic mass is 32.2. The lowest BCUT2D eigenvalue weighted by molar-refractivity contribution is 0.0595. The molecule has 1 aromatic carbocycles. The molecule has 122 valence electrons. The van der Waals surface area contributed by atoms with Gasteiger partial charge in [-0.05, 0) is 19.1 Å². The van der Waals surface area contributed by atoms with Crippen molar-refractivity contribution in [3.05, 3.63) is 30.4 Å². The molecule has 0 fully saturated rings. The quantitative estimate of drug-likeness (QED) is 0.562. The summed E-state index contributed by atoms with van der Waals surface area (Å²) in [6.45, 7) is 5.41. The predicted octanol–water partition coefficient (Wildman–Crippen LogP) is 1.90. The van der Waals surface area contributed by atoms with Gasteiger partial charge >= 0.3 is 5.97 Å². The number of nitrogens with zero attached hydrogens (tertiary/aromatic N) is 1. The number of esters is 1. The maximum Gasteiger partial charge on any atom is 0.341 e. The Morgan fingerprint density at radius 1 is 1.36 bits per heavy atom. The van der Waals surface area contributed by atoms with Gasteiger partial charge in [0.2, 0.25) is 0 Å². The van der Waals surface area contributed by atoms with E-state index in [-0.39, 0.29) is 28.6 Å². The Bertz CT molecular complexity index is 665. The van der Waals surface area contributed by atoms with Gasteiger partial charge < -0.3 is 14.4 Å². The van der Waals surface area contributed by atoms with Gasteiger partial charge in [-0.3, -0.25) is 0 Å². The fourth-order valence-corrected chi connectivity index (χ4v) is 3.50. The second kappa shape index (κ2) is 7.31. The number of benzene rings is 1. The molecule has 0 spiro atoms. The summed E-state index contributed by atoms with van der Waals surface area (Å²) >= 11 is 0. The lowest BCUT2D eigenvalue weighted by Gasteiger charge is -2.21. The van der Waals surface area contributed by atoms with Crippen molar-refractivity contribution < 1.29 is 22.7 Å². The Balaban J connectivity index is 3.79. The molecule has 0 aliphatic carbocycles. The molecular formula is C15H21NO5S. The van der Waals surface area contributed by atoms with E-state index in [2.05, 4.69) is 6.58 Å². The zero-order valence-corrected chi connectivity index (χ0v) is 14.1. The minimum Gasteiger partial charge on any atom is -0.492 e. The van der Waals surface area contributed by atoms with E-state index in [9.17, 15) is 13.2 Å². The van der Waals surface area contributed by atoms with Crippen LogP contribution < -0.4 is 9.64 Å². The number of rotatable bonds is 7. The van der Waals surface area contributed by atoms with E-state index in [0.717, 1.165) is 0 Å². The summed E-state index contributed by atoms with van der Waals surface area (Å²) in [7, 11) is 0.972. The van der Waals surface area contributed by atoms with E-state index in [0.29, 0.717) is 5.69 Å². The maximum atomic E-state index is 12.6. The Labute approximate surface area is 131 Å². The summed E-state index contributed by atoms with van der Waals surface area (Å²) in [5.41, 5.74) is 0.524. The van der Waals surface area contributed by atoms with Gasteiger partial charge in [-0.25, -0.2) is 13.2 Å². The van der Waals surface area contributed by atoms with Crippen molar-refractivity contribution in [2.24, 2.45) is 0 Å². The number of sulfone groups is 1. The first-order valence-corrected chi connectivity index (χ1v) is 8.34. The number of hydrogen-bond acceptors (Lipinski definition) is 6. The molecule has 22 heavy (non-hydrogen) atoms. The molecule has 0 atom stereocenters. The Morgan fingerprint density at radius 3 is 2.45 bits per heavy atom. The molecule has 0 unspecified atom stereocenters. The molecule has 0 aromatic heterocycles. The van der Waals surface area contributed by atoms with Gasteiger partial charge in [-0.2, -0.15) is 0 Å². The topological polar surface area (TPSA) is 72.9 Å². The molecule has 1 aromatic rings. The summed E-state index contributed by atoms with van der Waals surface area (Å²) < 4.78 is 35.3. The average Bonchev–Trinajstić information content (AvgIpc) is 2.45. The van der Waals surface area contributed by atoms with Crippen LogP contribution in [0.2, 0.25) is 0 Å². The molecule has 0 radical (unpaired) electrons. The van der Waals surface area contributed by atoms with Crippen molar-refractivity contribution in [1.29, 1.82) is 0 Å². The first-order chi connectivity index (χ1) is 10.3. The molecule has 0 aliphatic rings. The molecule has 1 rings (SSSR count). The SMILES string of the molecule is C=CCS(=O)(=O)c1c(N(C)C)ccc(C(=O)OC)c1OCC. The molecule has 0 saturated carbocycles. The highest BCUT2D eigenvalue weighted by Gasteiger charge is 2.29. The summed E-state index contributed by atoms with van der Waals surface area (Å²) in [6, 6.07) is 3.06. The predicted molar refractivity (Wildman–Crippen MR) is 85.5 cm³/mol. The van der Waals surface area contributed by atoms with Crippen LogP contribution in [0, 0.1) is 0 Å². The molecule has 0 N–H and O–H groups in total. The normalized spacial score (nSPS) is 10.9. The van der Waals surface area contributed by atoms with Gasteiger partial charge in [-0.15, -0.1) is 6.58 Å². The van der Waals surface area contributed by atoms with Gasteiger partial charge in [0.15, 0.2) is 15.6 Å². The third-order valence-corrected chi connectivity index (χ3v) is 4.61. The van der Waals surface area contributed by atoms with Crippen LogP contribution in [0.25, 0.3) is 0 Å². The van der Waals surface area contributed by atoms with Gasteiger partial charge in [0, 0.05) is 14.1 Å². The number of carbonyl (C=O) groups is 1. The molecule has 7 heteroatoms. The van der Waals surface area contributed by atoms with Crippen molar-refractivity contribution in [1.82, 2.24) is 0 Å². The van der Waals surface area contributed by atoms with E-state index in [1.54, 1.807) is 32.0 Å². The summed E-state index contributed by atoms with van der Waals surface area (Å²) in [5.74, 6) is -0.885. The largest absolute Gasteiger partial charge is 0.492 e. The van der Waals surface area contributed by atoms with Crippen LogP contribution >= 0.6 is 0 Å². The molecule has 0 bridgehead atoms. The smallest absolute Gasteiger partial charge is 0.341 e. The standard InChI is InChI=1S/C15H21NO5S/c1-6-10-22(18,19)14-12(16(3)4)9-8-11(15(17)20-5)13(14)21-7-2/h6,8-9H,1,7,10H2,2-5H3. The minimum absolute atomic E-state index is 0.0161. The second-order valence-corrected chi connectivity index (χ2v) is 6.65. The van der Waals surface area contributed by atoms with Crippen LogP contribution in [0.15, 0.2) is 29.7 Å². The first kappa shape index (κ1) is 18.0. The van der Waals surface area contributed by atoms with Crippen LogP contribution in [-0.2, 0) is 14.6 Å². The average molecular weight is 327 g/mol. The Morgan fingerprint density at radius 2 is 2.00 bits per heavy atom. The van der Waals surface area contributed by atoms with Crippen LogP contribution in [-0.4, -0.2) is 48.0 Å².